The summed E-state index contributed by atoms with van der Waals surface area (Å²) in [4.78, 5) is 10.2. The van der Waals surface area contributed by atoms with Crippen molar-refractivity contribution in [3.8, 4) is 0 Å². The first-order valence-corrected chi connectivity index (χ1v) is 8.51. The summed E-state index contributed by atoms with van der Waals surface area (Å²) in [6.07, 6.45) is 4.70. The predicted octanol–water partition coefficient (Wildman–Crippen LogP) is 1.55. The van der Waals surface area contributed by atoms with Crippen molar-refractivity contribution in [3.05, 3.63) is 16.2 Å². The monoisotopic (exact) mass is 320 g/mol. The molecule has 0 amide bonds. The van der Waals surface area contributed by atoms with Gasteiger partial charge in [0.2, 0.25) is 0 Å². The summed E-state index contributed by atoms with van der Waals surface area (Å²) in [5.74, 6) is 5.17. The number of rotatable bonds is 5. The molecule has 4 N–H and O–H groups in total. The SMILES string of the molecule is NNc1sc(S(=O)(=O)NC2CCCCC2)cc1[N+](=O)[O-]. The summed E-state index contributed by atoms with van der Waals surface area (Å²) in [7, 11) is -3.74. The van der Waals surface area contributed by atoms with Gasteiger partial charge in [0.15, 0.2) is 5.00 Å². The highest BCUT2D eigenvalue weighted by atomic mass is 32.2. The maximum atomic E-state index is 12.2. The van der Waals surface area contributed by atoms with Gasteiger partial charge >= 0.3 is 5.69 Å². The van der Waals surface area contributed by atoms with Gasteiger partial charge < -0.3 is 5.43 Å². The minimum absolute atomic E-state index is 0.0269. The Bertz CT molecular complexity index is 592. The fourth-order valence-electron chi connectivity index (χ4n) is 2.23. The fraction of sp³-hybridized carbons (Fsp3) is 0.600. The van der Waals surface area contributed by atoms with Crippen molar-refractivity contribution in [2.45, 2.75) is 42.4 Å². The van der Waals surface area contributed by atoms with E-state index in [1.165, 1.54) is 0 Å². The van der Waals surface area contributed by atoms with Gasteiger partial charge in [-0.05, 0) is 12.8 Å². The highest BCUT2D eigenvalue weighted by molar-refractivity contribution is 7.91. The molecule has 1 aliphatic rings. The normalized spacial score (nSPS) is 17.1. The van der Waals surface area contributed by atoms with Crippen molar-refractivity contribution in [1.29, 1.82) is 0 Å². The minimum atomic E-state index is -3.74. The second kappa shape index (κ2) is 6.04. The second-order valence-corrected chi connectivity index (χ2v) is 7.63. The first-order chi connectivity index (χ1) is 9.44. The first kappa shape index (κ1) is 15.2. The molecule has 1 aromatic heterocycles. The highest BCUT2D eigenvalue weighted by Crippen LogP contribution is 2.36. The van der Waals surface area contributed by atoms with Crippen LogP contribution in [0.25, 0.3) is 0 Å². The molecule has 0 saturated heterocycles. The Morgan fingerprint density at radius 1 is 1.35 bits per heavy atom. The molecular formula is C10H16N4O4S2. The average Bonchev–Trinajstić information content (AvgIpc) is 2.84. The summed E-state index contributed by atoms with van der Waals surface area (Å²) in [5, 5.41) is 10.8. The maximum absolute atomic E-state index is 12.2. The lowest BCUT2D eigenvalue weighted by Crippen LogP contribution is -2.35. The highest BCUT2D eigenvalue weighted by Gasteiger charge is 2.28. The molecule has 0 spiro atoms. The number of hydrogen-bond acceptors (Lipinski definition) is 7. The van der Waals surface area contributed by atoms with Gasteiger partial charge in [-0.15, -0.1) is 0 Å². The van der Waals surface area contributed by atoms with Crippen molar-refractivity contribution in [3.63, 3.8) is 0 Å². The smallest absolute Gasteiger partial charge is 0.306 e. The number of hydrogen-bond donors (Lipinski definition) is 3. The zero-order chi connectivity index (χ0) is 14.8. The zero-order valence-corrected chi connectivity index (χ0v) is 12.3. The number of nitrogens with one attached hydrogen (secondary N) is 2. The number of thiophene rings is 1. The summed E-state index contributed by atoms with van der Waals surface area (Å²) >= 11 is 0.755. The van der Waals surface area contributed by atoms with Gasteiger partial charge in [0, 0.05) is 12.1 Å². The van der Waals surface area contributed by atoms with Crippen LogP contribution in [-0.2, 0) is 10.0 Å². The Morgan fingerprint density at radius 2 is 2.00 bits per heavy atom. The Kier molecular flexibility index (Phi) is 4.58. The molecule has 20 heavy (non-hydrogen) atoms. The largest absolute Gasteiger partial charge is 0.310 e. The fourth-order valence-corrected chi connectivity index (χ4v) is 4.79. The number of sulfonamides is 1. The molecule has 0 bridgehead atoms. The van der Waals surface area contributed by atoms with E-state index in [0.717, 1.165) is 49.5 Å². The Balaban J connectivity index is 2.22. The summed E-state index contributed by atoms with van der Waals surface area (Å²) < 4.78 is 26.9. The first-order valence-electron chi connectivity index (χ1n) is 6.21. The van der Waals surface area contributed by atoms with E-state index < -0.39 is 14.9 Å². The van der Waals surface area contributed by atoms with Crippen LogP contribution in [-0.4, -0.2) is 19.4 Å². The van der Waals surface area contributed by atoms with E-state index in [-0.39, 0.29) is 20.9 Å². The molecule has 112 valence electrons. The van der Waals surface area contributed by atoms with Crippen molar-refractivity contribution in [2.75, 3.05) is 5.43 Å². The Hall–Kier alpha value is -1.23. The number of anilines is 1. The number of nitrogens with zero attached hydrogens (tertiary/aromatic N) is 1. The second-order valence-electron chi connectivity index (χ2n) is 4.64. The van der Waals surface area contributed by atoms with Crippen LogP contribution in [0.5, 0.6) is 0 Å². The van der Waals surface area contributed by atoms with Crippen molar-refractivity contribution in [1.82, 2.24) is 4.72 Å². The Morgan fingerprint density at radius 3 is 2.50 bits per heavy atom. The van der Waals surface area contributed by atoms with Gasteiger partial charge in [0.1, 0.15) is 4.21 Å². The molecule has 8 nitrogen and oxygen atoms in total. The predicted molar refractivity (Wildman–Crippen MR) is 76.0 cm³/mol. The lowest BCUT2D eigenvalue weighted by molar-refractivity contribution is -0.383. The summed E-state index contributed by atoms with van der Waals surface area (Å²) in [5.41, 5.74) is 1.83. The third kappa shape index (κ3) is 3.26. The third-order valence-electron chi connectivity index (χ3n) is 3.21. The van der Waals surface area contributed by atoms with E-state index in [1.54, 1.807) is 0 Å². The van der Waals surface area contributed by atoms with Crippen molar-refractivity contribution in [2.24, 2.45) is 5.84 Å². The van der Waals surface area contributed by atoms with Gasteiger partial charge in [-0.2, -0.15) is 0 Å². The topological polar surface area (TPSA) is 127 Å². The quantitative estimate of drug-likeness (QED) is 0.429. The lowest BCUT2D eigenvalue weighted by atomic mass is 9.96. The van der Waals surface area contributed by atoms with Crippen LogP contribution >= 0.6 is 11.3 Å². The van der Waals surface area contributed by atoms with E-state index in [1.807, 2.05) is 0 Å². The molecule has 0 atom stereocenters. The van der Waals surface area contributed by atoms with Gasteiger partial charge in [-0.1, -0.05) is 30.6 Å². The van der Waals surface area contributed by atoms with Crippen LogP contribution in [0, 0.1) is 10.1 Å². The molecule has 0 radical (unpaired) electrons. The standard InChI is InChI=1S/C10H16N4O4S2/c11-12-10-8(14(15)16)6-9(19-10)20(17,18)13-7-4-2-1-3-5-7/h6-7,12-13H,1-5,11H2. The molecular weight excluding hydrogens is 304 g/mol. The molecule has 1 fully saturated rings. The van der Waals surface area contributed by atoms with Crippen LogP contribution in [0.3, 0.4) is 0 Å². The number of nitro groups is 1. The summed E-state index contributed by atoms with van der Waals surface area (Å²) in [6.45, 7) is 0. The summed E-state index contributed by atoms with van der Waals surface area (Å²) in [6, 6.07) is 0.939. The van der Waals surface area contributed by atoms with Crippen LogP contribution in [0.15, 0.2) is 10.3 Å². The van der Waals surface area contributed by atoms with Crippen LogP contribution < -0.4 is 16.0 Å². The van der Waals surface area contributed by atoms with Gasteiger partial charge in [0.25, 0.3) is 10.0 Å². The average molecular weight is 320 g/mol. The van der Waals surface area contributed by atoms with Gasteiger partial charge in [-0.3, -0.25) is 10.1 Å². The minimum Gasteiger partial charge on any atom is -0.310 e. The van der Waals surface area contributed by atoms with Crippen LogP contribution in [0.2, 0.25) is 0 Å². The number of nitrogens with two attached hydrogens (primary N) is 1. The van der Waals surface area contributed by atoms with E-state index in [0.29, 0.717) is 0 Å². The maximum Gasteiger partial charge on any atom is 0.306 e. The van der Waals surface area contributed by atoms with Crippen LogP contribution in [0.4, 0.5) is 10.7 Å². The molecule has 1 heterocycles. The van der Waals surface area contributed by atoms with Crippen molar-refractivity contribution >= 4 is 32.0 Å². The van der Waals surface area contributed by atoms with E-state index >= 15 is 0 Å². The molecule has 1 saturated carbocycles. The molecule has 0 aliphatic heterocycles. The lowest BCUT2D eigenvalue weighted by Gasteiger charge is -2.22. The van der Waals surface area contributed by atoms with E-state index in [4.69, 9.17) is 5.84 Å². The van der Waals surface area contributed by atoms with Gasteiger partial charge in [-0.25, -0.2) is 19.0 Å². The molecule has 1 aliphatic carbocycles. The zero-order valence-electron chi connectivity index (χ0n) is 10.7. The molecule has 2 rings (SSSR count). The Labute approximate surface area is 120 Å². The molecule has 1 aromatic rings. The van der Waals surface area contributed by atoms with Gasteiger partial charge in [0.05, 0.1) is 4.92 Å². The third-order valence-corrected chi connectivity index (χ3v) is 6.26. The number of nitrogen functional groups attached to an aromatic ring is 1. The molecule has 0 unspecified atom stereocenters. The number of hydrazine groups is 1. The molecule has 10 heteroatoms. The van der Waals surface area contributed by atoms with E-state index in [9.17, 15) is 18.5 Å². The molecule has 0 aromatic carbocycles. The van der Waals surface area contributed by atoms with Crippen molar-refractivity contribution < 1.29 is 13.3 Å². The van der Waals surface area contributed by atoms with Crippen LogP contribution in [0.1, 0.15) is 32.1 Å². The van der Waals surface area contributed by atoms with E-state index in [2.05, 4.69) is 10.1 Å².